The highest BCUT2D eigenvalue weighted by atomic mass is 16.5. The van der Waals surface area contributed by atoms with Crippen LogP contribution in [0.4, 0.5) is 0 Å². The highest BCUT2D eigenvalue weighted by Gasteiger charge is 2.13. The molecule has 0 amide bonds. The second-order valence-corrected chi connectivity index (χ2v) is 5.45. The topological polar surface area (TPSA) is 71.3 Å². The van der Waals surface area contributed by atoms with Crippen molar-refractivity contribution in [2.75, 3.05) is 14.2 Å². The Morgan fingerprint density at radius 3 is 2.46 bits per heavy atom. The molecule has 7 heteroatoms. The van der Waals surface area contributed by atoms with Gasteiger partial charge in [0, 0.05) is 18.5 Å². The summed E-state index contributed by atoms with van der Waals surface area (Å²) in [5, 5.41) is 4.91. The molecule has 7 nitrogen and oxygen atoms in total. The van der Waals surface area contributed by atoms with Gasteiger partial charge in [-0.2, -0.15) is 5.10 Å². The standard InChI is InChI=1S/C19H16N4O3/c1-24-15-10-16-18(17(11-15)25-2)20-12-21-19(16)26-14-6-4-13(5-7-14)23-9-3-8-22-23/h3-12H,1-2H3. The first-order valence-corrected chi connectivity index (χ1v) is 7.93. The van der Waals surface area contributed by atoms with E-state index >= 15 is 0 Å². The van der Waals surface area contributed by atoms with Gasteiger partial charge in [0.05, 0.1) is 25.3 Å². The zero-order chi connectivity index (χ0) is 17.9. The van der Waals surface area contributed by atoms with Crippen LogP contribution in [0.3, 0.4) is 0 Å². The minimum absolute atomic E-state index is 0.430. The van der Waals surface area contributed by atoms with Crippen molar-refractivity contribution in [1.82, 2.24) is 19.7 Å². The molecule has 130 valence electrons. The summed E-state index contributed by atoms with van der Waals surface area (Å²) in [6, 6.07) is 13.0. The lowest BCUT2D eigenvalue weighted by molar-refractivity contribution is 0.396. The highest BCUT2D eigenvalue weighted by molar-refractivity contribution is 5.90. The summed E-state index contributed by atoms with van der Waals surface area (Å²) in [6.45, 7) is 0. The summed E-state index contributed by atoms with van der Waals surface area (Å²) in [5.41, 5.74) is 1.60. The number of hydrogen-bond donors (Lipinski definition) is 0. The number of methoxy groups -OCH3 is 2. The SMILES string of the molecule is COc1cc(OC)c2ncnc(Oc3ccc(-n4cccn4)cc3)c2c1. The van der Waals surface area contributed by atoms with Crippen LogP contribution in [0.1, 0.15) is 0 Å². The molecular weight excluding hydrogens is 332 g/mol. The lowest BCUT2D eigenvalue weighted by Crippen LogP contribution is -1.96. The van der Waals surface area contributed by atoms with Gasteiger partial charge in [-0.25, -0.2) is 14.6 Å². The van der Waals surface area contributed by atoms with Gasteiger partial charge in [-0.15, -0.1) is 0 Å². The fourth-order valence-electron chi connectivity index (χ4n) is 2.64. The molecular formula is C19H16N4O3. The largest absolute Gasteiger partial charge is 0.497 e. The number of hydrogen-bond acceptors (Lipinski definition) is 6. The molecule has 0 spiro atoms. The van der Waals surface area contributed by atoms with E-state index in [9.17, 15) is 0 Å². The predicted molar refractivity (Wildman–Crippen MR) is 96.3 cm³/mol. The second kappa shape index (κ2) is 6.72. The molecule has 4 rings (SSSR count). The summed E-state index contributed by atoms with van der Waals surface area (Å²) in [7, 11) is 3.18. The Balaban J connectivity index is 1.71. The van der Waals surface area contributed by atoms with E-state index in [1.165, 1.54) is 6.33 Å². The van der Waals surface area contributed by atoms with Gasteiger partial charge in [0.15, 0.2) is 0 Å². The lowest BCUT2D eigenvalue weighted by Gasteiger charge is -2.11. The van der Waals surface area contributed by atoms with Crippen molar-refractivity contribution in [3.8, 4) is 28.8 Å². The van der Waals surface area contributed by atoms with E-state index < -0.39 is 0 Å². The van der Waals surface area contributed by atoms with Crippen LogP contribution in [0.5, 0.6) is 23.1 Å². The molecule has 4 aromatic rings. The monoisotopic (exact) mass is 348 g/mol. The molecule has 0 aliphatic carbocycles. The molecule has 2 aromatic carbocycles. The summed E-state index contributed by atoms with van der Waals surface area (Å²) in [4.78, 5) is 8.56. The maximum absolute atomic E-state index is 5.97. The molecule has 0 unspecified atom stereocenters. The molecule has 0 aliphatic heterocycles. The number of nitrogens with zero attached hydrogens (tertiary/aromatic N) is 4. The molecule has 0 atom stereocenters. The Labute approximate surface area is 149 Å². The number of ether oxygens (including phenoxy) is 3. The molecule has 0 saturated heterocycles. The third kappa shape index (κ3) is 2.90. The van der Waals surface area contributed by atoms with Crippen LogP contribution in [0.25, 0.3) is 16.6 Å². The quantitative estimate of drug-likeness (QED) is 0.548. The molecule has 0 fully saturated rings. The van der Waals surface area contributed by atoms with Crippen molar-refractivity contribution in [1.29, 1.82) is 0 Å². The molecule has 0 radical (unpaired) electrons. The molecule has 2 heterocycles. The Morgan fingerprint density at radius 1 is 0.923 bits per heavy atom. The number of aromatic nitrogens is 4. The van der Waals surface area contributed by atoms with Gasteiger partial charge in [0.2, 0.25) is 5.88 Å². The molecule has 2 aromatic heterocycles. The van der Waals surface area contributed by atoms with E-state index in [1.807, 2.05) is 42.6 Å². The van der Waals surface area contributed by atoms with Crippen LogP contribution in [0, 0.1) is 0 Å². The van der Waals surface area contributed by atoms with Crippen LogP contribution in [-0.4, -0.2) is 34.0 Å². The van der Waals surface area contributed by atoms with Gasteiger partial charge in [0.1, 0.15) is 29.1 Å². The Hall–Kier alpha value is -3.61. The fourth-order valence-corrected chi connectivity index (χ4v) is 2.64. The second-order valence-electron chi connectivity index (χ2n) is 5.45. The van der Waals surface area contributed by atoms with Gasteiger partial charge in [-0.1, -0.05) is 0 Å². The molecule has 0 aliphatic rings. The van der Waals surface area contributed by atoms with Crippen molar-refractivity contribution in [2.24, 2.45) is 0 Å². The van der Waals surface area contributed by atoms with E-state index in [4.69, 9.17) is 14.2 Å². The number of fused-ring (bicyclic) bond motifs is 1. The van der Waals surface area contributed by atoms with Gasteiger partial charge < -0.3 is 14.2 Å². The van der Waals surface area contributed by atoms with E-state index in [0.717, 1.165) is 5.69 Å². The first-order valence-electron chi connectivity index (χ1n) is 7.93. The van der Waals surface area contributed by atoms with E-state index in [2.05, 4.69) is 15.1 Å². The summed E-state index contributed by atoms with van der Waals surface area (Å²) in [6.07, 6.45) is 5.06. The van der Waals surface area contributed by atoms with E-state index in [-0.39, 0.29) is 0 Å². The Kier molecular flexibility index (Phi) is 4.10. The van der Waals surface area contributed by atoms with Crippen LogP contribution in [-0.2, 0) is 0 Å². The van der Waals surface area contributed by atoms with E-state index in [0.29, 0.717) is 34.0 Å². The number of benzene rings is 2. The van der Waals surface area contributed by atoms with E-state index in [1.54, 1.807) is 31.2 Å². The zero-order valence-corrected chi connectivity index (χ0v) is 14.3. The fraction of sp³-hybridized carbons (Fsp3) is 0.105. The molecule has 0 saturated carbocycles. The highest BCUT2D eigenvalue weighted by Crippen LogP contribution is 2.35. The van der Waals surface area contributed by atoms with Crippen LogP contribution >= 0.6 is 0 Å². The summed E-state index contributed by atoms with van der Waals surface area (Å²) < 4.78 is 18.5. The van der Waals surface area contributed by atoms with Gasteiger partial charge in [-0.05, 0) is 36.4 Å². The average Bonchev–Trinajstić information content (AvgIpc) is 3.23. The van der Waals surface area contributed by atoms with Crippen LogP contribution in [0.15, 0.2) is 61.2 Å². The normalized spacial score (nSPS) is 10.7. The summed E-state index contributed by atoms with van der Waals surface area (Å²) >= 11 is 0. The van der Waals surface area contributed by atoms with Crippen LogP contribution < -0.4 is 14.2 Å². The Morgan fingerprint density at radius 2 is 1.77 bits per heavy atom. The smallest absolute Gasteiger partial charge is 0.230 e. The number of rotatable bonds is 5. The van der Waals surface area contributed by atoms with Crippen LogP contribution in [0.2, 0.25) is 0 Å². The lowest BCUT2D eigenvalue weighted by atomic mass is 10.2. The minimum Gasteiger partial charge on any atom is -0.497 e. The average molecular weight is 348 g/mol. The third-order valence-corrected chi connectivity index (χ3v) is 3.92. The van der Waals surface area contributed by atoms with Crippen molar-refractivity contribution in [2.45, 2.75) is 0 Å². The zero-order valence-electron chi connectivity index (χ0n) is 14.3. The first kappa shape index (κ1) is 15.9. The maximum atomic E-state index is 5.97. The van der Waals surface area contributed by atoms with Crippen molar-refractivity contribution < 1.29 is 14.2 Å². The molecule has 0 N–H and O–H groups in total. The van der Waals surface area contributed by atoms with Gasteiger partial charge in [0.25, 0.3) is 0 Å². The van der Waals surface area contributed by atoms with Gasteiger partial charge in [-0.3, -0.25) is 0 Å². The summed E-state index contributed by atoms with van der Waals surface area (Å²) in [5.74, 6) is 2.32. The predicted octanol–water partition coefficient (Wildman–Crippen LogP) is 3.63. The minimum atomic E-state index is 0.430. The van der Waals surface area contributed by atoms with Crippen molar-refractivity contribution >= 4 is 10.9 Å². The molecule has 26 heavy (non-hydrogen) atoms. The third-order valence-electron chi connectivity index (χ3n) is 3.92. The van der Waals surface area contributed by atoms with Gasteiger partial charge >= 0.3 is 0 Å². The first-order chi connectivity index (χ1) is 12.8. The van der Waals surface area contributed by atoms with Crippen molar-refractivity contribution in [3.63, 3.8) is 0 Å². The maximum Gasteiger partial charge on any atom is 0.230 e. The molecule has 0 bridgehead atoms. The van der Waals surface area contributed by atoms with Crippen molar-refractivity contribution in [3.05, 3.63) is 61.2 Å². The Bertz CT molecular complexity index is 1030.